The number of methoxy groups -OCH3 is 2. The molecule has 3 N–H and O–H groups in total. The molecule has 3 atom stereocenters. The van der Waals surface area contributed by atoms with Gasteiger partial charge in [0.05, 0.1) is 26.5 Å². The van der Waals surface area contributed by atoms with Crippen molar-refractivity contribution in [2.24, 2.45) is 17.7 Å². The van der Waals surface area contributed by atoms with Gasteiger partial charge in [-0.15, -0.1) is 0 Å². The summed E-state index contributed by atoms with van der Waals surface area (Å²) in [6, 6.07) is -0.0154. The van der Waals surface area contributed by atoms with Gasteiger partial charge in [-0.1, -0.05) is 6.92 Å². The first-order chi connectivity index (χ1) is 8.21. The van der Waals surface area contributed by atoms with E-state index in [4.69, 9.17) is 15.3 Å². The highest BCUT2D eigenvalue weighted by Gasteiger charge is 2.42. The maximum absolute atomic E-state index is 5.60. The Balaban J connectivity index is 2.29. The topological polar surface area (TPSA) is 82.3 Å². The first-order valence-corrected chi connectivity index (χ1v) is 5.62. The van der Waals surface area contributed by atoms with Crippen LogP contribution in [0.2, 0.25) is 0 Å². The van der Waals surface area contributed by atoms with E-state index in [9.17, 15) is 0 Å². The molecule has 17 heavy (non-hydrogen) atoms. The molecule has 0 spiro atoms. The average molecular weight is 238 g/mol. The number of hydrazine groups is 1. The summed E-state index contributed by atoms with van der Waals surface area (Å²) in [6.45, 7) is 2.19. The van der Waals surface area contributed by atoms with Crippen molar-refractivity contribution in [3.8, 4) is 11.8 Å². The van der Waals surface area contributed by atoms with E-state index in [2.05, 4.69) is 22.3 Å². The van der Waals surface area contributed by atoms with Gasteiger partial charge in [-0.05, 0) is 18.3 Å². The summed E-state index contributed by atoms with van der Waals surface area (Å²) >= 11 is 0. The molecule has 3 unspecified atom stereocenters. The van der Waals surface area contributed by atoms with Gasteiger partial charge in [0, 0.05) is 0 Å². The molecule has 1 heterocycles. The van der Waals surface area contributed by atoms with Crippen LogP contribution in [0.5, 0.6) is 11.8 Å². The van der Waals surface area contributed by atoms with Crippen LogP contribution in [0.1, 0.15) is 25.1 Å². The summed E-state index contributed by atoms with van der Waals surface area (Å²) in [6.07, 6.45) is 2.72. The third kappa shape index (κ3) is 2.32. The molecular weight excluding hydrogens is 220 g/mol. The predicted molar refractivity (Wildman–Crippen MR) is 62.5 cm³/mol. The van der Waals surface area contributed by atoms with Gasteiger partial charge in [0.15, 0.2) is 0 Å². The van der Waals surface area contributed by atoms with E-state index in [-0.39, 0.29) is 6.04 Å². The molecule has 1 fully saturated rings. The van der Waals surface area contributed by atoms with Crippen LogP contribution in [-0.2, 0) is 0 Å². The molecule has 6 nitrogen and oxygen atoms in total. The Morgan fingerprint density at radius 1 is 1.47 bits per heavy atom. The van der Waals surface area contributed by atoms with E-state index < -0.39 is 0 Å². The number of rotatable bonds is 5. The molecule has 6 heteroatoms. The lowest BCUT2D eigenvalue weighted by molar-refractivity contribution is 0.343. The summed E-state index contributed by atoms with van der Waals surface area (Å²) in [5.74, 6) is 7.65. The summed E-state index contributed by atoms with van der Waals surface area (Å²) < 4.78 is 10.3. The lowest BCUT2D eigenvalue weighted by Crippen LogP contribution is -2.31. The Labute approximate surface area is 101 Å². The van der Waals surface area contributed by atoms with Crippen molar-refractivity contribution in [3.63, 3.8) is 0 Å². The zero-order valence-corrected chi connectivity index (χ0v) is 10.3. The van der Waals surface area contributed by atoms with Crippen molar-refractivity contribution in [3.05, 3.63) is 11.9 Å². The van der Waals surface area contributed by atoms with Gasteiger partial charge >= 0.3 is 0 Å². The number of nitrogens with one attached hydrogen (secondary N) is 1. The highest BCUT2D eigenvalue weighted by Crippen LogP contribution is 2.47. The number of nitrogens with two attached hydrogens (primary N) is 1. The van der Waals surface area contributed by atoms with Crippen LogP contribution in [0.3, 0.4) is 0 Å². The zero-order chi connectivity index (χ0) is 12.4. The van der Waals surface area contributed by atoms with E-state index in [1.165, 1.54) is 0 Å². The molecule has 1 aliphatic rings. The third-order valence-electron chi connectivity index (χ3n) is 3.22. The van der Waals surface area contributed by atoms with Crippen molar-refractivity contribution in [1.29, 1.82) is 0 Å². The Morgan fingerprint density at radius 2 is 2.18 bits per heavy atom. The molecule has 1 aromatic rings. The normalized spacial score (nSPS) is 24.2. The van der Waals surface area contributed by atoms with Gasteiger partial charge in [-0.3, -0.25) is 11.3 Å². The molecular formula is C11H18N4O2. The van der Waals surface area contributed by atoms with E-state index >= 15 is 0 Å². The van der Waals surface area contributed by atoms with Crippen LogP contribution in [0.25, 0.3) is 0 Å². The molecule has 94 valence electrons. The minimum Gasteiger partial charge on any atom is -0.480 e. The average Bonchev–Trinajstić information content (AvgIpc) is 3.07. The van der Waals surface area contributed by atoms with E-state index in [0.717, 1.165) is 12.1 Å². The molecule has 1 aromatic heterocycles. The van der Waals surface area contributed by atoms with Crippen LogP contribution in [0, 0.1) is 11.8 Å². The van der Waals surface area contributed by atoms with Crippen molar-refractivity contribution in [2.45, 2.75) is 19.4 Å². The molecule has 1 saturated carbocycles. The van der Waals surface area contributed by atoms with E-state index in [0.29, 0.717) is 23.6 Å². The Kier molecular flexibility index (Phi) is 3.44. The molecule has 0 saturated heterocycles. The second-order valence-corrected chi connectivity index (χ2v) is 4.33. The van der Waals surface area contributed by atoms with Crippen LogP contribution in [0.15, 0.2) is 6.20 Å². The first kappa shape index (κ1) is 12.1. The zero-order valence-electron chi connectivity index (χ0n) is 10.3. The van der Waals surface area contributed by atoms with Crippen molar-refractivity contribution >= 4 is 0 Å². The molecule has 0 aliphatic heterocycles. The fourth-order valence-electron chi connectivity index (χ4n) is 2.05. The van der Waals surface area contributed by atoms with Crippen LogP contribution in [0.4, 0.5) is 0 Å². The molecule has 0 amide bonds. The lowest BCUT2D eigenvalue weighted by atomic mass is 10.1. The second kappa shape index (κ2) is 4.85. The van der Waals surface area contributed by atoms with Gasteiger partial charge in [-0.2, -0.15) is 4.98 Å². The summed E-state index contributed by atoms with van der Waals surface area (Å²) in [5.41, 5.74) is 3.54. The molecule has 0 bridgehead atoms. The Bertz CT molecular complexity index is 399. The minimum absolute atomic E-state index is 0.0154. The summed E-state index contributed by atoms with van der Waals surface area (Å²) in [7, 11) is 3.11. The predicted octanol–water partition coefficient (Wildman–Crippen LogP) is 0.654. The minimum atomic E-state index is -0.0154. The fraction of sp³-hybridized carbons (Fsp3) is 0.636. The van der Waals surface area contributed by atoms with Gasteiger partial charge in [0.1, 0.15) is 5.69 Å². The van der Waals surface area contributed by atoms with Crippen molar-refractivity contribution < 1.29 is 9.47 Å². The number of hydrogen-bond donors (Lipinski definition) is 2. The second-order valence-electron chi connectivity index (χ2n) is 4.33. The van der Waals surface area contributed by atoms with E-state index in [1.807, 2.05) is 0 Å². The highest BCUT2D eigenvalue weighted by atomic mass is 16.5. The van der Waals surface area contributed by atoms with Crippen molar-refractivity contribution in [2.75, 3.05) is 14.2 Å². The first-order valence-electron chi connectivity index (χ1n) is 5.62. The molecule has 2 rings (SSSR count). The lowest BCUT2D eigenvalue weighted by Gasteiger charge is -2.17. The van der Waals surface area contributed by atoms with Crippen molar-refractivity contribution in [1.82, 2.24) is 15.4 Å². The Morgan fingerprint density at radius 3 is 2.65 bits per heavy atom. The standard InChI is InChI=1S/C11H18N4O2/c1-6-4-7(6)9(15-12)10-11(17-3)14-8(16-2)5-13-10/h5-7,9,15H,4,12H2,1-3H3. The number of hydrogen-bond acceptors (Lipinski definition) is 6. The monoisotopic (exact) mass is 238 g/mol. The SMILES string of the molecule is COc1cnc(C(NN)C2CC2C)c(OC)n1. The maximum atomic E-state index is 5.60. The summed E-state index contributed by atoms with van der Waals surface area (Å²) in [4.78, 5) is 8.54. The van der Waals surface area contributed by atoms with Crippen LogP contribution >= 0.6 is 0 Å². The fourth-order valence-corrected chi connectivity index (χ4v) is 2.05. The van der Waals surface area contributed by atoms with E-state index in [1.54, 1.807) is 20.4 Å². The molecule has 0 radical (unpaired) electrons. The maximum Gasteiger partial charge on any atom is 0.240 e. The van der Waals surface area contributed by atoms with Crippen LogP contribution in [-0.4, -0.2) is 24.2 Å². The molecule has 0 aromatic carbocycles. The third-order valence-corrected chi connectivity index (χ3v) is 3.22. The molecule has 1 aliphatic carbocycles. The van der Waals surface area contributed by atoms with Gasteiger partial charge < -0.3 is 9.47 Å². The quantitative estimate of drug-likeness (QED) is 0.579. The van der Waals surface area contributed by atoms with Crippen LogP contribution < -0.4 is 20.7 Å². The number of aromatic nitrogens is 2. The number of nitrogens with zero attached hydrogens (tertiary/aromatic N) is 2. The van der Waals surface area contributed by atoms with Gasteiger partial charge in [-0.25, -0.2) is 4.98 Å². The smallest absolute Gasteiger partial charge is 0.240 e. The van der Waals surface area contributed by atoms with Gasteiger partial charge in [0.25, 0.3) is 0 Å². The van der Waals surface area contributed by atoms with Gasteiger partial charge in [0.2, 0.25) is 11.8 Å². The highest BCUT2D eigenvalue weighted by molar-refractivity contribution is 5.27. The largest absolute Gasteiger partial charge is 0.480 e. The Hall–Kier alpha value is -1.40. The summed E-state index contributed by atoms with van der Waals surface area (Å²) in [5, 5.41) is 0. The number of ether oxygens (including phenoxy) is 2.